The van der Waals surface area contributed by atoms with Crippen molar-refractivity contribution < 1.29 is 13.9 Å². The summed E-state index contributed by atoms with van der Waals surface area (Å²) in [5, 5.41) is 0. The van der Waals surface area contributed by atoms with Crippen molar-refractivity contribution in [1.82, 2.24) is 14.8 Å². The first-order chi connectivity index (χ1) is 17.2. The zero-order chi connectivity index (χ0) is 24.0. The van der Waals surface area contributed by atoms with Crippen molar-refractivity contribution >= 4 is 22.9 Å². The van der Waals surface area contributed by atoms with E-state index < -0.39 is 0 Å². The summed E-state index contributed by atoms with van der Waals surface area (Å²) in [5.41, 5.74) is 3.61. The molecule has 35 heavy (non-hydrogen) atoms. The first-order valence-electron chi connectivity index (χ1n) is 12.3. The number of amides is 1. The standard InChI is InChI=1S/C27H31FN4O2S/c28-24-8-1-2-9-25(24)31-13-11-30(12-14-31)17-21-5-3-7-23(15-21)34-19-22-6-4-10-32(18-22)27(33)26-16-29-20-35-26/h1-3,5,7-9,15-16,20,22H,4,6,10-14,17-19H2. The highest BCUT2D eigenvalue weighted by Gasteiger charge is 2.26. The Kier molecular flexibility index (Phi) is 7.59. The molecule has 2 fully saturated rings. The fourth-order valence-electron chi connectivity index (χ4n) is 4.92. The van der Waals surface area contributed by atoms with Crippen molar-refractivity contribution in [1.29, 1.82) is 0 Å². The minimum Gasteiger partial charge on any atom is -0.493 e. The summed E-state index contributed by atoms with van der Waals surface area (Å²) in [6.07, 6.45) is 3.72. The predicted octanol–water partition coefficient (Wildman–Crippen LogP) is 4.54. The molecule has 3 heterocycles. The average Bonchev–Trinajstić information content (AvgIpc) is 3.44. The number of hydrogen-bond acceptors (Lipinski definition) is 6. The van der Waals surface area contributed by atoms with E-state index in [1.54, 1.807) is 17.8 Å². The lowest BCUT2D eigenvalue weighted by Crippen LogP contribution is -2.46. The lowest BCUT2D eigenvalue weighted by atomic mass is 9.99. The highest BCUT2D eigenvalue weighted by atomic mass is 32.1. The van der Waals surface area contributed by atoms with E-state index in [2.05, 4.69) is 26.9 Å². The number of benzene rings is 2. The molecule has 1 amide bonds. The molecule has 5 rings (SSSR count). The van der Waals surface area contributed by atoms with E-state index in [1.807, 2.05) is 29.2 Å². The number of carbonyl (C=O) groups excluding carboxylic acids is 1. The Morgan fingerprint density at radius 2 is 1.94 bits per heavy atom. The molecule has 2 aliphatic rings. The largest absolute Gasteiger partial charge is 0.493 e. The van der Waals surface area contributed by atoms with Crippen molar-refractivity contribution in [2.45, 2.75) is 19.4 Å². The molecule has 0 radical (unpaired) electrons. The van der Waals surface area contributed by atoms with Gasteiger partial charge in [0.15, 0.2) is 0 Å². The topological polar surface area (TPSA) is 48.9 Å². The quantitative estimate of drug-likeness (QED) is 0.483. The second kappa shape index (κ2) is 11.2. The lowest BCUT2D eigenvalue weighted by Gasteiger charge is -2.36. The second-order valence-electron chi connectivity index (χ2n) is 9.30. The van der Waals surface area contributed by atoms with Gasteiger partial charge in [-0.15, -0.1) is 11.3 Å². The maximum Gasteiger partial charge on any atom is 0.265 e. The minimum absolute atomic E-state index is 0.0781. The van der Waals surface area contributed by atoms with Crippen molar-refractivity contribution in [2.24, 2.45) is 5.92 Å². The van der Waals surface area contributed by atoms with E-state index in [0.717, 1.165) is 64.4 Å². The smallest absolute Gasteiger partial charge is 0.265 e. The summed E-state index contributed by atoms with van der Waals surface area (Å²) >= 11 is 1.39. The minimum atomic E-state index is -0.153. The van der Waals surface area contributed by atoms with Gasteiger partial charge in [-0.05, 0) is 42.7 Å². The number of halogens is 1. The van der Waals surface area contributed by atoms with Crippen LogP contribution < -0.4 is 9.64 Å². The van der Waals surface area contributed by atoms with Crippen LogP contribution in [-0.4, -0.2) is 66.6 Å². The Hall–Kier alpha value is -2.97. The summed E-state index contributed by atoms with van der Waals surface area (Å²) in [4.78, 5) is 23.9. The average molecular weight is 495 g/mol. The van der Waals surface area contributed by atoms with Gasteiger partial charge in [-0.25, -0.2) is 4.39 Å². The van der Waals surface area contributed by atoms with Gasteiger partial charge in [-0.2, -0.15) is 0 Å². The van der Waals surface area contributed by atoms with E-state index in [-0.39, 0.29) is 11.7 Å². The summed E-state index contributed by atoms with van der Waals surface area (Å²) < 4.78 is 20.3. The third-order valence-corrected chi connectivity index (χ3v) is 7.57. The number of carbonyl (C=O) groups is 1. The number of hydrogen-bond donors (Lipinski definition) is 0. The first kappa shape index (κ1) is 23.8. The van der Waals surface area contributed by atoms with Crippen LogP contribution in [0.15, 0.2) is 60.2 Å². The molecule has 2 aromatic carbocycles. The number of piperazine rings is 1. The zero-order valence-electron chi connectivity index (χ0n) is 19.8. The molecule has 1 aromatic heterocycles. The van der Waals surface area contributed by atoms with Crippen LogP contribution in [-0.2, 0) is 6.54 Å². The van der Waals surface area contributed by atoms with E-state index in [1.165, 1.54) is 23.0 Å². The number of nitrogens with zero attached hydrogens (tertiary/aromatic N) is 4. The number of piperidine rings is 1. The van der Waals surface area contributed by atoms with Crippen LogP contribution >= 0.6 is 11.3 Å². The highest BCUT2D eigenvalue weighted by Crippen LogP contribution is 2.24. The molecular weight excluding hydrogens is 463 g/mol. The summed E-state index contributed by atoms with van der Waals surface area (Å²) in [6.45, 7) is 6.40. The van der Waals surface area contributed by atoms with Gasteiger partial charge in [0.2, 0.25) is 0 Å². The van der Waals surface area contributed by atoms with Crippen LogP contribution in [0.4, 0.5) is 10.1 Å². The number of para-hydroxylation sites is 1. The van der Waals surface area contributed by atoms with Crippen LogP contribution in [0.25, 0.3) is 0 Å². The fourth-order valence-corrected chi connectivity index (χ4v) is 5.51. The molecule has 0 bridgehead atoms. The molecule has 8 heteroatoms. The highest BCUT2D eigenvalue weighted by molar-refractivity contribution is 7.11. The number of ether oxygens (including phenoxy) is 1. The Morgan fingerprint density at radius 1 is 1.09 bits per heavy atom. The number of thiazole rings is 1. The fraction of sp³-hybridized carbons (Fsp3) is 0.407. The van der Waals surface area contributed by atoms with Crippen LogP contribution in [0.3, 0.4) is 0 Å². The molecule has 1 unspecified atom stereocenters. The number of likely N-dealkylation sites (tertiary alicyclic amines) is 1. The predicted molar refractivity (Wildman–Crippen MR) is 137 cm³/mol. The molecule has 6 nitrogen and oxygen atoms in total. The van der Waals surface area contributed by atoms with Gasteiger partial charge in [-0.1, -0.05) is 24.3 Å². The second-order valence-corrected chi connectivity index (χ2v) is 10.2. The number of anilines is 1. The van der Waals surface area contributed by atoms with Crippen molar-refractivity contribution in [3.05, 3.63) is 76.5 Å². The Balaban J connectivity index is 1.10. The van der Waals surface area contributed by atoms with Crippen LogP contribution in [0.2, 0.25) is 0 Å². The third kappa shape index (κ3) is 6.00. The maximum absolute atomic E-state index is 14.1. The molecule has 0 spiro atoms. The van der Waals surface area contributed by atoms with Gasteiger partial charge >= 0.3 is 0 Å². The van der Waals surface area contributed by atoms with E-state index in [0.29, 0.717) is 23.1 Å². The van der Waals surface area contributed by atoms with Gasteiger partial charge in [0.25, 0.3) is 5.91 Å². The molecule has 2 saturated heterocycles. The number of rotatable bonds is 7. The van der Waals surface area contributed by atoms with Gasteiger partial charge in [0, 0.05) is 51.7 Å². The normalized spacial score (nSPS) is 19.1. The van der Waals surface area contributed by atoms with Crippen molar-refractivity contribution in [3.8, 4) is 5.75 Å². The molecule has 0 saturated carbocycles. The van der Waals surface area contributed by atoms with Crippen molar-refractivity contribution in [2.75, 3.05) is 50.8 Å². The molecule has 3 aromatic rings. The van der Waals surface area contributed by atoms with Crippen LogP contribution in [0.5, 0.6) is 5.75 Å². The number of aromatic nitrogens is 1. The summed E-state index contributed by atoms with van der Waals surface area (Å²) in [7, 11) is 0. The van der Waals surface area contributed by atoms with Crippen molar-refractivity contribution in [3.63, 3.8) is 0 Å². The van der Waals surface area contributed by atoms with E-state index in [4.69, 9.17) is 4.74 Å². The maximum atomic E-state index is 14.1. The molecule has 0 aliphatic carbocycles. The SMILES string of the molecule is O=C(c1cncs1)N1CCCC(COc2cccc(CN3CCN(c4ccccc4F)CC3)c2)C1. The lowest BCUT2D eigenvalue weighted by molar-refractivity contribution is 0.0638. The Labute approximate surface area is 209 Å². The Morgan fingerprint density at radius 3 is 2.74 bits per heavy atom. The molecule has 2 aliphatic heterocycles. The van der Waals surface area contributed by atoms with Crippen LogP contribution in [0, 0.1) is 11.7 Å². The Bertz CT molecular complexity index is 1120. The van der Waals surface area contributed by atoms with Crippen LogP contribution in [0.1, 0.15) is 28.1 Å². The third-order valence-electron chi connectivity index (χ3n) is 6.81. The molecule has 184 valence electrons. The van der Waals surface area contributed by atoms with Gasteiger partial charge in [0.1, 0.15) is 16.4 Å². The zero-order valence-corrected chi connectivity index (χ0v) is 20.6. The molecular formula is C27H31FN4O2S. The van der Waals surface area contributed by atoms with Gasteiger partial charge in [-0.3, -0.25) is 14.7 Å². The first-order valence-corrected chi connectivity index (χ1v) is 13.1. The molecule has 1 atom stereocenters. The van der Waals surface area contributed by atoms with E-state index in [9.17, 15) is 9.18 Å². The van der Waals surface area contributed by atoms with Gasteiger partial charge in [0.05, 0.1) is 24.0 Å². The summed E-state index contributed by atoms with van der Waals surface area (Å²) in [6, 6.07) is 15.3. The van der Waals surface area contributed by atoms with E-state index >= 15 is 0 Å². The molecule has 0 N–H and O–H groups in total. The van der Waals surface area contributed by atoms with Gasteiger partial charge < -0.3 is 14.5 Å². The summed E-state index contributed by atoms with van der Waals surface area (Å²) in [5.74, 6) is 1.13. The monoisotopic (exact) mass is 494 g/mol.